The lowest BCUT2D eigenvalue weighted by Gasteiger charge is -2.14. The highest BCUT2D eigenvalue weighted by Gasteiger charge is 2.30. The maximum atomic E-state index is 13.1. The summed E-state index contributed by atoms with van der Waals surface area (Å²) in [4.78, 5) is 5.27. The van der Waals surface area contributed by atoms with Gasteiger partial charge in [-0.05, 0) is 36.6 Å². The van der Waals surface area contributed by atoms with Crippen LogP contribution >= 0.6 is 23.5 Å². The van der Waals surface area contributed by atoms with Gasteiger partial charge in [-0.15, -0.1) is 0 Å². The Kier molecular flexibility index (Phi) is 5.48. The van der Waals surface area contributed by atoms with Crippen molar-refractivity contribution in [3.63, 3.8) is 0 Å². The van der Waals surface area contributed by atoms with E-state index in [1.54, 1.807) is 16.8 Å². The average Bonchev–Trinajstić information content (AvgIpc) is 3.10. The highest BCUT2D eigenvalue weighted by atomic mass is 35.5. The van der Waals surface area contributed by atoms with Gasteiger partial charge in [0.2, 0.25) is 0 Å². The zero-order valence-corrected chi connectivity index (χ0v) is 17.3. The number of nitrogens with two attached hydrogens (primary N) is 1. The SMILES string of the molecule is CCc1nn2c(-c3ccc(C(F)(F)F)cc3)c(-c3ccccc3Cl)cnc2c1SN. The van der Waals surface area contributed by atoms with Crippen molar-refractivity contribution >= 4 is 29.2 Å². The second-order valence-corrected chi connectivity index (χ2v) is 7.61. The fourth-order valence-corrected chi connectivity index (χ4v) is 4.14. The summed E-state index contributed by atoms with van der Waals surface area (Å²) in [5, 5.41) is 11.0. The Labute approximate surface area is 180 Å². The molecule has 30 heavy (non-hydrogen) atoms. The van der Waals surface area contributed by atoms with Gasteiger partial charge in [-0.3, -0.25) is 5.14 Å². The predicted molar refractivity (Wildman–Crippen MR) is 113 cm³/mol. The zero-order chi connectivity index (χ0) is 21.5. The van der Waals surface area contributed by atoms with E-state index < -0.39 is 11.7 Å². The number of halogens is 4. The minimum atomic E-state index is -4.41. The number of aryl methyl sites for hydroxylation is 1. The molecule has 0 aliphatic heterocycles. The Morgan fingerprint density at radius 3 is 2.37 bits per heavy atom. The summed E-state index contributed by atoms with van der Waals surface area (Å²) in [6, 6.07) is 12.2. The fraction of sp³-hybridized carbons (Fsp3) is 0.143. The van der Waals surface area contributed by atoms with E-state index in [4.69, 9.17) is 16.7 Å². The third-order valence-electron chi connectivity index (χ3n) is 4.77. The highest BCUT2D eigenvalue weighted by molar-refractivity contribution is 7.97. The van der Waals surface area contributed by atoms with Gasteiger partial charge in [-0.2, -0.15) is 18.3 Å². The van der Waals surface area contributed by atoms with Crippen LogP contribution < -0.4 is 5.14 Å². The van der Waals surface area contributed by atoms with Gasteiger partial charge in [0.25, 0.3) is 0 Å². The monoisotopic (exact) mass is 448 g/mol. The topological polar surface area (TPSA) is 56.2 Å². The van der Waals surface area contributed by atoms with Crippen molar-refractivity contribution in [3.05, 3.63) is 71.0 Å². The van der Waals surface area contributed by atoms with Gasteiger partial charge in [0, 0.05) is 27.9 Å². The summed E-state index contributed by atoms with van der Waals surface area (Å²) in [6.45, 7) is 1.95. The average molecular weight is 449 g/mol. The molecule has 2 heterocycles. The molecule has 4 rings (SSSR count). The number of aromatic nitrogens is 3. The van der Waals surface area contributed by atoms with Gasteiger partial charge in [-0.25, -0.2) is 9.50 Å². The maximum absolute atomic E-state index is 13.1. The Morgan fingerprint density at radius 1 is 1.07 bits per heavy atom. The minimum absolute atomic E-state index is 0.503. The van der Waals surface area contributed by atoms with E-state index >= 15 is 0 Å². The summed E-state index contributed by atoms with van der Waals surface area (Å²) < 4.78 is 40.8. The van der Waals surface area contributed by atoms with E-state index in [2.05, 4.69) is 10.1 Å². The van der Waals surface area contributed by atoms with Crippen LogP contribution in [0.5, 0.6) is 0 Å². The first-order chi connectivity index (χ1) is 14.3. The summed E-state index contributed by atoms with van der Waals surface area (Å²) in [7, 11) is 0. The molecule has 2 N–H and O–H groups in total. The highest BCUT2D eigenvalue weighted by Crippen LogP contribution is 2.38. The van der Waals surface area contributed by atoms with E-state index in [1.165, 1.54) is 12.1 Å². The zero-order valence-electron chi connectivity index (χ0n) is 15.7. The second kappa shape index (κ2) is 7.94. The van der Waals surface area contributed by atoms with Crippen LogP contribution in [0.3, 0.4) is 0 Å². The lowest BCUT2D eigenvalue weighted by molar-refractivity contribution is -0.137. The van der Waals surface area contributed by atoms with Crippen molar-refractivity contribution in [2.24, 2.45) is 5.14 Å². The Hall–Kier alpha value is -2.55. The minimum Gasteiger partial charge on any atom is -0.273 e. The van der Waals surface area contributed by atoms with E-state index in [1.807, 2.05) is 25.1 Å². The van der Waals surface area contributed by atoms with Crippen molar-refractivity contribution in [1.82, 2.24) is 14.6 Å². The predicted octanol–water partition coefficient (Wildman–Crippen LogP) is 6.26. The molecule has 0 saturated heterocycles. The molecule has 0 atom stereocenters. The molecular formula is C21H16ClF3N4S. The van der Waals surface area contributed by atoms with Crippen molar-refractivity contribution in [2.75, 3.05) is 0 Å². The van der Waals surface area contributed by atoms with Crippen molar-refractivity contribution < 1.29 is 13.2 Å². The first-order valence-corrected chi connectivity index (χ1v) is 10.3. The summed E-state index contributed by atoms with van der Waals surface area (Å²) in [5.74, 6) is 0. The number of rotatable bonds is 4. The summed E-state index contributed by atoms with van der Waals surface area (Å²) >= 11 is 7.47. The number of hydrogen-bond acceptors (Lipinski definition) is 4. The number of nitrogens with zero attached hydrogens (tertiary/aromatic N) is 3. The molecule has 0 radical (unpaired) electrons. The molecule has 154 valence electrons. The van der Waals surface area contributed by atoms with Crippen LogP contribution in [0, 0.1) is 0 Å². The van der Waals surface area contributed by atoms with Gasteiger partial charge in [0.1, 0.15) is 0 Å². The standard InChI is InChI=1S/C21H16ClF3N4S/c1-2-17-19(30-26)20-27-11-15(14-5-3-4-6-16(14)22)18(29(20)28-17)12-7-9-13(10-8-12)21(23,24)25/h3-11H,2,26H2,1H3. The molecule has 0 unspecified atom stereocenters. The summed E-state index contributed by atoms with van der Waals surface area (Å²) in [6.07, 6.45) is -2.12. The molecular weight excluding hydrogens is 433 g/mol. The van der Waals surface area contributed by atoms with Crippen LogP contribution in [0.4, 0.5) is 13.2 Å². The molecule has 0 saturated carbocycles. The van der Waals surface area contributed by atoms with E-state index in [0.29, 0.717) is 39.5 Å². The molecule has 0 fully saturated rings. The van der Waals surface area contributed by atoms with Crippen molar-refractivity contribution in [2.45, 2.75) is 24.4 Å². The number of alkyl halides is 3. The van der Waals surface area contributed by atoms with Gasteiger partial charge >= 0.3 is 6.18 Å². The second-order valence-electron chi connectivity index (χ2n) is 6.56. The van der Waals surface area contributed by atoms with Crippen LogP contribution in [0.1, 0.15) is 18.2 Å². The number of benzene rings is 2. The van der Waals surface area contributed by atoms with Crippen molar-refractivity contribution in [1.29, 1.82) is 0 Å². The quantitative estimate of drug-likeness (QED) is 0.374. The first kappa shape index (κ1) is 20.7. The van der Waals surface area contributed by atoms with Gasteiger partial charge in [-0.1, -0.05) is 48.9 Å². The molecule has 4 aromatic rings. The molecule has 0 spiro atoms. The fourth-order valence-electron chi connectivity index (χ4n) is 3.33. The molecule has 0 amide bonds. The Morgan fingerprint density at radius 2 is 1.77 bits per heavy atom. The third-order valence-corrected chi connectivity index (χ3v) is 5.76. The molecule has 9 heteroatoms. The molecule has 2 aromatic heterocycles. The maximum Gasteiger partial charge on any atom is 0.416 e. The normalized spacial score (nSPS) is 11.9. The molecule has 0 aliphatic rings. The van der Waals surface area contributed by atoms with Crippen LogP contribution in [0.25, 0.3) is 28.0 Å². The van der Waals surface area contributed by atoms with Gasteiger partial charge < -0.3 is 0 Å². The number of fused-ring (bicyclic) bond motifs is 1. The largest absolute Gasteiger partial charge is 0.416 e. The van der Waals surface area contributed by atoms with Crippen LogP contribution in [0.15, 0.2) is 59.6 Å². The van der Waals surface area contributed by atoms with E-state index in [0.717, 1.165) is 34.7 Å². The molecule has 0 aliphatic carbocycles. The lowest BCUT2D eigenvalue weighted by atomic mass is 9.99. The molecule has 0 bridgehead atoms. The Balaban J connectivity index is 2.04. The first-order valence-electron chi connectivity index (χ1n) is 9.05. The smallest absolute Gasteiger partial charge is 0.273 e. The van der Waals surface area contributed by atoms with Crippen molar-refractivity contribution in [3.8, 4) is 22.4 Å². The van der Waals surface area contributed by atoms with Gasteiger partial charge in [0.05, 0.1) is 21.8 Å². The number of hydrogen-bond donors (Lipinski definition) is 1. The van der Waals surface area contributed by atoms with Crippen LogP contribution in [-0.2, 0) is 12.6 Å². The third kappa shape index (κ3) is 3.55. The Bertz CT molecular complexity index is 1220. The molecule has 2 aromatic carbocycles. The van der Waals surface area contributed by atoms with E-state index in [9.17, 15) is 13.2 Å². The van der Waals surface area contributed by atoms with Gasteiger partial charge in [0.15, 0.2) is 5.65 Å². The lowest BCUT2D eigenvalue weighted by Crippen LogP contribution is -2.05. The summed E-state index contributed by atoms with van der Waals surface area (Å²) in [5.41, 5.74) is 3.11. The van der Waals surface area contributed by atoms with Crippen LogP contribution in [0.2, 0.25) is 5.02 Å². The molecule has 4 nitrogen and oxygen atoms in total. The van der Waals surface area contributed by atoms with E-state index in [-0.39, 0.29) is 0 Å². The van der Waals surface area contributed by atoms with Crippen LogP contribution in [-0.4, -0.2) is 14.6 Å².